The number of amides is 1. The summed E-state index contributed by atoms with van der Waals surface area (Å²) < 4.78 is 26.2. The van der Waals surface area contributed by atoms with Gasteiger partial charge < -0.3 is 5.32 Å². The Bertz CT molecular complexity index is 932. The molecule has 0 saturated carbocycles. The lowest BCUT2D eigenvalue weighted by atomic mass is 10.1. The molecule has 2 aromatic carbocycles. The number of nitrogens with zero attached hydrogens (tertiary/aromatic N) is 1. The zero-order valence-electron chi connectivity index (χ0n) is 17.4. The molecular weight excluding hydrogens is 408 g/mol. The van der Waals surface area contributed by atoms with Crippen LogP contribution in [-0.2, 0) is 21.2 Å². The van der Waals surface area contributed by atoms with E-state index in [1.54, 1.807) is 25.1 Å². The maximum Gasteiger partial charge on any atom is 0.244 e. The van der Waals surface area contributed by atoms with Gasteiger partial charge in [-0.2, -0.15) is 0 Å². The van der Waals surface area contributed by atoms with E-state index >= 15 is 0 Å². The van der Waals surface area contributed by atoms with E-state index in [9.17, 15) is 13.2 Å². The molecule has 0 aliphatic rings. The van der Waals surface area contributed by atoms with Crippen LogP contribution in [0.1, 0.15) is 37.8 Å². The van der Waals surface area contributed by atoms with Gasteiger partial charge in [-0.05, 0) is 56.4 Å². The molecule has 7 heteroatoms. The number of carbonyl (C=O) groups excluding carboxylic acids is 1. The largest absolute Gasteiger partial charge is 0.352 e. The average molecular weight is 437 g/mol. The summed E-state index contributed by atoms with van der Waals surface area (Å²) in [6.45, 7) is 5.57. The van der Waals surface area contributed by atoms with E-state index in [1.807, 2.05) is 32.0 Å². The highest BCUT2D eigenvalue weighted by Gasteiger charge is 2.32. The van der Waals surface area contributed by atoms with Crippen molar-refractivity contribution in [1.29, 1.82) is 0 Å². The van der Waals surface area contributed by atoms with Gasteiger partial charge in [-0.3, -0.25) is 9.10 Å². The molecule has 0 saturated heterocycles. The van der Waals surface area contributed by atoms with Crippen LogP contribution in [-0.4, -0.2) is 32.7 Å². The Morgan fingerprint density at radius 3 is 2.38 bits per heavy atom. The SMILES string of the molecule is CC[C@H](C(=O)N[C@@H](C)CCc1ccccc1)N(c1ccc(C)c(Cl)c1)S(C)(=O)=O. The standard InChI is InChI=1S/C22H29ClN2O3S/c1-5-21(22(26)24-17(3)12-13-18-9-7-6-8-10-18)25(29(4,27)28)19-14-11-16(2)20(23)15-19/h6-11,14-15,17,21H,5,12-13H2,1-4H3,(H,24,26)/t17-,21+/m0/s1. The van der Waals surface area contributed by atoms with Crippen molar-refractivity contribution in [2.75, 3.05) is 10.6 Å². The molecule has 0 radical (unpaired) electrons. The first-order valence-electron chi connectivity index (χ1n) is 9.73. The lowest BCUT2D eigenvalue weighted by Gasteiger charge is -2.31. The lowest BCUT2D eigenvalue weighted by Crippen LogP contribution is -2.51. The maximum absolute atomic E-state index is 13.0. The fourth-order valence-electron chi connectivity index (χ4n) is 3.22. The Morgan fingerprint density at radius 2 is 1.83 bits per heavy atom. The fraction of sp³-hybridized carbons (Fsp3) is 0.409. The molecule has 158 valence electrons. The van der Waals surface area contributed by atoms with Crippen LogP contribution in [0.3, 0.4) is 0 Å². The summed E-state index contributed by atoms with van der Waals surface area (Å²) in [6, 6.07) is 14.1. The highest BCUT2D eigenvalue weighted by Crippen LogP contribution is 2.27. The van der Waals surface area contributed by atoms with Gasteiger partial charge in [0.1, 0.15) is 6.04 Å². The molecule has 29 heavy (non-hydrogen) atoms. The molecule has 0 bridgehead atoms. The summed E-state index contributed by atoms with van der Waals surface area (Å²) in [4.78, 5) is 13.0. The minimum Gasteiger partial charge on any atom is -0.352 e. The van der Waals surface area contributed by atoms with Gasteiger partial charge in [0.15, 0.2) is 0 Å². The van der Waals surface area contributed by atoms with E-state index in [0.717, 1.165) is 29.0 Å². The number of hydrogen-bond acceptors (Lipinski definition) is 3. The Balaban J connectivity index is 2.16. The van der Waals surface area contributed by atoms with E-state index in [2.05, 4.69) is 17.4 Å². The number of sulfonamides is 1. The number of halogens is 1. The second kappa shape index (κ2) is 10.1. The molecule has 0 aliphatic heterocycles. The zero-order valence-corrected chi connectivity index (χ0v) is 18.9. The van der Waals surface area contributed by atoms with Gasteiger partial charge in [-0.1, -0.05) is 54.9 Å². The number of rotatable bonds is 9. The fourth-order valence-corrected chi connectivity index (χ4v) is 4.60. The molecule has 0 heterocycles. The minimum atomic E-state index is -3.68. The monoisotopic (exact) mass is 436 g/mol. The summed E-state index contributed by atoms with van der Waals surface area (Å²) in [5.41, 5.74) is 2.44. The summed E-state index contributed by atoms with van der Waals surface area (Å²) in [5.74, 6) is -0.310. The number of hydrogen-bond donors (Lipinski definition) is 1. The predicted molar refractivity (Wildman–Crippen MR) is 120 cm³/mol. The molecule has 1 N–H and O–H groups in total. The summed E-state index contributed by atoms with van der Waals surface area (Å²) in [5, 5.41) is 3.43. The third kappa shape index (κ3) is 6.47. The lowest BCUT2D eigenvalue weighted by molar-refractivity contribution is -0.122. The maximum atomic E-state index is 13.0. The van der Waals surface area contributed by atoms with Gasteiger partial charge in [0.25, 0.3) is 0 Å². The molecule has 0 fully saturated rings. The van der Waals surface area contributed by atoms with Crippen LogP contribution in [0.5, 0.6) is 0 Å². The van der Waals surface area contributed by atoms with Crippen molar-refractivity contribution in [2.45, 2.75) is 52.1 Å². The van der Waals surface area contributed by atoms with Crippen LogP contribution in [0.15, 0.2) is 48.5 Å². The van der Waals surface area contributed by atoms with Crippen LogP contribution < -0.4 is 9.62 Å². The topological polar surface area (TPSA) is 66.5 Å². The molecule has 0 unspecified atom stereocenters. The third-order valence-corrected chi connectivity index (χ3v) is 6.42. The van der Waals surface area contributed by atoms with Crippen LogP contribution in [0.2, 0.25) is 5.02 Å². The second-order valence-corrected chi connectivity index (χ2v) is 9.62. The Kier molecular flexibility index (Phi) is 8.11. The van der Waals surface area contributed by atoms with Gasteiger partial charge in [-0.25, -0.2) is 8.42 Å². The van der Waals surface area contributed by atoms with Crippen LogP contribution in [0, 0.1) is 6.92 Å². The quantitative estimate of drug-likeness (QED) is 0.636. The molecule has 0 aliphatic carbocycles. The third-order valence-electron chi connectivity index (χ3n) is 4.84. The van der Waals surface area contributed by atoms with Crippen molar-refractivity contribution in [3.05, 3.63) is 64.7 Å². The van der Waals surface area contributed by atoms with Crippen molar-refractivity contribution in [3.63, 3.8) is 0 Å². The van der Waals surface area contributed by atoms with Crippen LogP contribution >= 0.6 is 11.6 Å². The molecular formula is C22H29ClN2O3S. The van der Waals surface area contributed by atoms with Crippen molar-refractivity contribution in [1.82, 2.24) is 5.32 Å². The Hall–Kier alpha value is -2.05. The van der Waals surface area contributed by atoms with Crippen molar-refractivity contribution >= 4 is 33.2 Å². The molecule has 0 aromatic heterocycles. The molecule has 2 aromatic rings. The predicted octanol–water partition coefficient (Wildman–Crippen LogP) is 4.33. The zero-order chi connectivity index (χ0) is 21.6. The van der Waals surface area contributed by atoms with Gasteiger partial charge in [0, 0.05) is 11.1 Å². The van der Waals surface area contributed by atoms with Gasteiger partial charge in [0.2, 0.25) is 15.9 Å². The van der Waals surface area contributed by atoms with E-state index in [4.69, 9.17) is 11.6 Å². The number of benzene rings is 2. The normalized spacial score (nSPS) is 13.6. The molecule has 2 rings (SSSR count). The number of nitrogens with one attached hydrogen (secondary N) is 1. The van der Waals surface area contributed by atoms with Crippen LogP contribution in [0.4, 0.5) is 5.69 Å². The number of aryl methyl sites for hydroxylation is 2. The van der Waals surface area contributed by atoms with Gasteiger partial charge in [0.05, 0.1) is 11.9 Å². The summed E-state index contributed by atoms with van der Waals surface area (Å²) in [6.07, 6.45) is 3.05. The van der Waals surface area contributed by atoms with Crippen molar-refractivity contribution in [3.8, 4) is 0 Å². The van der Waals surface area contributed by atoms with E-state index in [0.29, 0.717) is 17.1 Å². The van der Waals surface area contributed by atoms with E-state index in [1.165, 1.54) is 5.56 Å². The van der Waals surface area contributed by atoms with Crippen molar-refractivity contribution < 1.29 is 13.2 Å². The first kappa shape index (κ1) is 23.2. The second-order valence-electron chi connectivity index (χ2n) is 7.35. The minimum absolute atomic E-state index is 0.0835. The Morgan fingerprint density at radius 1 is 1.17 bits per heavy atom. The van der Waals surface area contributed by atoms with E-state index in [-0.39, 0.29) is 11.9 Å². The molecule has 0 spiro atoms. The first-order valence-corrected chi connectivity index (χ1v) is 12.0. The number of anilines is 1. The first-order chi connectivity index (χ1) is 13.6. The van der Waals surface area contributed by atoms with Gasteiger partial charge in [-0.15, -0.1) is 0 Å². The van der Waals surface area contributed by atoms with Crippen molar-refractivity contribution in [2.24, 2.45) is 0 Å². The highest BCUT2D eigenvalue weighted by atomic mass is 35.5. The number of carbonyl (C=O) groups is 1. The smallest absolute Gasteiger partial charge is 0.244 e. The van der Waals surface area contributed by atoms with E-state index < -0.39 is 16.1 Å². The highest BCUT2D eigenvalue weighted by molar-refractivity contribution is 7.92. The summed E-state index contributed by atoms with van der Waals surface area (Å²) in [7, 11) is -3.68. The van der Waals surface area contributed by atoms with Crippen LogP contribution in [0.25, 0.3) is 0 Å². The molecule has 2 atom stereocenters. The Labute approximate surface area is 179 Å². The van der Waals surface area contributed by atoms with Gasteiger partial charge >= 0.3 is 0 Å². The summed E-state index contributed by atoms with van der Waals surface area (Å²) >= 11 is 6.20. The average Bonchev–Trinajstić information content (AvgIpc) is 2.66. The molecule has 1 amide bonds. The molecule has 5 nitrogen and oxygen atoms in total.